The van der Waals surface area contributed by atoms with Crippen LogP contribution in [0.1, 0.15) is 33.1 Å². The van der Waals surface area contributed by atoms with Gasteiger partial charge in [0.15, 0.2) is 5.96 Å². The zero-order valence-electron chi connectivity index (χ0n) is 13.5. The molecule has 0 aromatic rings. The Balaban J connectivity index is 2.03. The summed E-state index contributed by atoms with van der Waals surface area (Å²) in [6.45, 7) is 8.34. The van der Waals surface area contributed by atoms with Crippen LogP contribution in [0.2, 0.25) is 0 Å². The van der Waals surface area contributed by atoms with E-state index in [2.05, 4.69) is 29.1 Å². The van der Waals surface area contributed by atoms with Gasteiger partial charge in [-0.2, -0.15) is 0 Å². The van der Waals surface area contributed by atoms with Crippen molar-refractivity contribution in [3.05, 3.63) is 0 Å². The van der Waals surface area contributed by atoms with Crippen LogP contribution in [-0.4, -0.2) is 64.0 Å². The first-order valence-corrected chi connectivity index (χ1v) is 7.74. The molecule has 0 saturated heterocycles. The third kappa shape index (κ3) is 8.38. The van der Waals surface area contributed by atoms with E-state index < -0.39 is 0 Å². The predicted octanol–water partition coefficient (Wildman–Crippen LogP) is 1.74. The van der Waals surface area contributed by atoms with Gasteiger partial charge in [-0.3, -0.25) is 4.99 Å². The molecule has 0 aromatic carbocycles. The maximum atomic E-state index is 5.65. The van der Waals surface area contributed by atoms with E-state index in [9.17, 15) is 0 Å². The van der Waals surface area contributed by atoms with Gasteiger partial charge >= 0.3 is 0 Å². The lowest BCUT2D eigenvalue weighted by Crippen LogP contribution is -2.41. The highest BCUT2D eigenvalue weighted by molar-refractivity contribution is 5.79. The highest BCUT2D eigenvalue weighted by atomic mass is 16.5. The van der Waals surface area contributed by atoms with E-state index in [1.165, 1.54) is 12.8 Å². The molecule has 5 heteroatoms. The number of nitrogens with one attached hydrogen (secondary N) is 1. The number of ether oxygens (including phenoxy) is 2. The molecule has 0 heterocycles. The molecular formula is C15H31N3O2. The molecule has 1 aliphatic carbocycles. The molecule has 0 bridgehead atoms. The van der Waals surface area contributed by atoms with E-state index in [1.54, 1.807) is 0 Å². The Morgan fingerprint density at radius 3 is 2.70 bits per heavy atom. The molecular weight excluding hydrogens is 254 g/mol. The molecule has 0 spiro atoms. The first-order chi connectivity index (χ1) is 9.63. The van der Waals surface area contributed by atoms with Crippen LogP contribution < -0.4 is 5.32 Å². The molecule has 1 fully saturated rings. The molecule has 1 rings (SSSR count). The van der Waals surface area contributed by atoms with Crippen molar-refractivity contribution in [2.45, 2.75) is 39.2 Å². The number of hydrogen-bond donors (Lipinski definition) is 1. The first kappa shape index (κ1) is 17.2. The van der Waals surface area contributed by atoms with Gasteiger partial charge in [0, 0.05) is 40.4 Å². The summed E-state index contributed by atoms with van der Waals surface area (Å²) < 4.78 is 11.2. The minimum absolute atomic E-state index is 0.306. The molecule has 0 aromatic heterocycles. The SMILES string of the molecule is CN=C(NCCCOC(C)C)N(C)CCOCC1CC1. The lowest BCUT2D eigenvalue weighted by atomic mass is 10.4. The fraction of sp³-hybridized carbons (Fsp3) is 0.933. The van der Waals surface area contributed by atoms with Crippen molar-refractivity contribution in [1.29, 1.82) is 0 Å². The maximum Gasteiger partial charge on any atom is 0.193 e. The standard InChI is InChI=1S/C15H31N3O2/c1-13(2)20-10-5-8-17-15(16-3)18(4)9-11-19-12-14-6-7-14/h13-14H,5-12H2,1-4H3,(H,16,17). The minimum Gasteiger partial charge on any atom is -0.379 e. The van der Waals surface area contributed by atoms with Gasteiger partial charge in [0.25, 0.3) is 0 Å². The first-order valence-electron chi connectivity index (χ1n) is 7.74. The molecule has 20 heavy (non-hydrogen) atoms. The molecule has 1 aliphatic rings. The van der Waals surface area contributed by atoms with Crippen molar-refractivity contribution in [3.63, 3.8) is 0 Å². The summed E-state index contributed by atoms with van der Waals surface area (Å²) in [5.41, 5.74) is 0. The van der Waals surface area contributed by atoms with E-state index >= 15 is 0 Å². The molecule has 0 atom stereocenters. The van der Waals surface area contributed by atoms with Gasteiger partial charge in [-0.25, -0.2) is 0 Å². The van der Waals surface area contributed by atoms with Gasteiger partial charge in [-0.05, 0) is 39.0 Å². The third-order valence-electron chi connectivity index (χ3n) is 3.25. The molecule has 5 nitrogen and oxygen atoms in total. The monoisotopic (exact) mass is 285 g/mol. The van der Waals surface area contributed by atoms with E-state index in [0.717, 1.165) is 51.2 Å². The number of likely N-dealkylation sites (N-methyl/N-ethyl adjacent to an activating group) is 1. The van der Waals surface area contributed by atoms with Crippen molar-refractivity contribution >= 4 is 5.96 Å². The fourth-order valence-corrected chi connectivity index (χ4v) is 1.82. The highest BCUT2D eigenvalue weighted by Crippen LogP contribution is 2.28. The van der Waals surface area contributed by atoms with Crippen molar-refractivity contribution in [2.24, 2.45) is 10.9 Å². The zero-order valence-corrected chi connectivity index (χ0v) is 13.5. The molecule has 1 N–H and O–H groups in total. The number of rotatable bonds is 10. The number of aliphatic imine (C=N–C) groups is 1. The van der Waals surface area contributed by atoms with Crippen LogP contribution in [0.15, 0.2) is 4.99 Å². The van der Waals surface area contributed by atoms with E-state index in [0.29, 0.717) is 6.10 Å². The smallest absolute Gasteiger partial charge is 0.193 e. The highest BCUT2D eigenvalue weighted by Gasteiger charge is 2.21. The molecule has 0 aliphatic heterocycles. The Hall–Kier alpha value is -0.810. The third-order valence-corrected chi connectivity index (χ3v) is 3.25. The number of nitrogens with zero attached hydrogens (tertiary/aromatic N) is 2. The van der Waals surface area contributed by atoms with Crippen LogP contribution in [0.25, 0.3) is 0 Å². The Labute approximate surface area is 123 Å². The Morgan fingerprint density at radius 2 is 2.10 bits per heavy atom. The summed E-state index contributed by atoms with van der Waals surface area (Å²) in [6, 6.07) is 0. The lowest BCUT2D eigenvalue weighted by molar-refractivity contribution is 0.0775. The van der Waals surface area contributed by atoms with Gasteiger partial charge in [-0.1, -0.05) is 0 Å². The summed E-state index contributed by atoms with van der Waals surface area (Å²) in [4.78, 5) is 6.39. The van der Waals surface area contributed by atoms with Crippen molar-refractivity contribution in [2.75, 3.05) is 47.0 Å². The van der Waals surface area contributed by atoms with Gasteiger partial charge in [0.2, 0.25) is 0 Å². The summed E-state index contributed by atoms with van der Waals surface area (Å²) in [7, 11) is 3.86. The van der Waals surface area contributed by atoms with Crippen LogP contribution >= 0.6 is 0 Å². The molecule has 118 valence electrons. The van der Waals surface area contributed by atoms with Crippen LogP contribution in [0.5, 0.6) is 0 Å². The largest absolute Gasteiger partial charge is 0.379 e. The zero-order chi connectivity index (χ0) is 14.8. The maximum absolute atomic E-state index is 5.65. The van der Waals surface area contributed by atoms with Crippen molar-refractivity contribution < 1.29 is 9.47 Å². The van der Waals surface area contributed by atoms with Crippen LogP contribution in [0.3, 0.4) is 0 Å². The summed E-state index contributed by atoms with van der Waals surface area (Å²) in [6.07, 6.45) is 3.98. The molecule has 0 unspecified atom stereocenters. The fourth-order valence-electron chi connectivity index (χ4n) is 1.82. The topological polar surface area (TPSA) is 46.1 Å². The average molecular weight is 285 g/mol. The predicted molar refractivity (Wildman–Crippen MR) is 83.2 cm³/mol. The normalized spacial score (nSPS) is 15.8. The van der Waals surface area contributed by atoms with E-state index in [-0.39, 0.29) is 0 Å². The van der Waals surface area contributed by atoms with Gasteiger partial charge < -0.3 is 19.7 Å². The van der Waals surface area contributed by atoms with E-state index in [4.69, 9.17) is 9.47 Å². The number of guanidine groups is 1. The van der Waals surface area contributed by atoms with Crippen molar-refractivity contribution in [1.82, 2.24) is 10.2 Å². The van der Waals surface area contributed by atoms with Crippen LogP contribution in [0, 0.1) is 5.92 Å². The van der Waals surface area contributed by atoms with Crippen LogP contribution in [0.4, 0.5) is 0 Å². The Kier molecular flexibility index (Phi) is 8.62. The van der Waals surface area contributed by atoms with Gasteiger partial charge in [-0.15, -0.1) is 0 Å². The van der Waals surface area contributed by atoms with E-state index in [1.807, 2.05) is 14.1 Å². The quantitative estimate of drug-likeness (QED) is 0.377. The van der Waals surface area contributed by atoms with Gasteiger partial charge in [0.05, 0.1) is 12.7 Å². The lowest BCUT2D eigenvalue weighted by Gasteiger charge is -2.22. The number of hydrogen-bond acceptors (Lipinski definition) is 3. The van der Waals surface area contributed by atoms with Crippen molar-refractivity contribution in [3.8, 4) is 0 Å². The Morgan fingerprint density at radius 1 is 1.35 bits per heavy atom. The molecule has 1 saturated carbocycles. The summed E-state index contributed by atoms with van der Waals surface area (Å²) in [5.74, 6) is 1.75. The molecule has 0 radical (unpaired) electrons. The second-order valence-electron chi connectivity index (χ2n) is 5.69. The van der Waals surface area contributed by atoms with Crippen LogP contribution in [-0.2, 0) is 9.47 Å². The molecule has 0 amide bonds. The summed E-state index contributed by atoms with van der Waals surface area (Å²) >= 11 is 0. The second kappa shape index (κ2) is 10.00. The second-order valence-corrected chi connectivity index (χ2v) is 5.69. The average Bonchev–Trinajstić information content (AvgIpc) is 3.22. The summed E-state index contributed by atoms with van der Waals surface area (Å²) in [5, 5.41) is 3.35. The minimum atomic E-state index is 0.306. The Bertz CT molecular complexity index is 278. The van der Waals surface area contributed by atoms with Gasteiger partial charge in [0.1, 0.15) is 0 Å².